The summed E-state index contributed by atoms with van der Waals surface area (Å²) in [6.07, 6.45) is 3.45. The van der Waals surface area contributed by atoms with Crippen LogP contribution in [0.3, 0.4) is 0 Å². The predicted molar refractivity (Wildman–Crippen MR) is 89.5 cm³/mol. The van der Waals surface area contributed by atoms with Crippen molar-refractivity contribution in [1.82, 2.24) is 14.8 Å². The monoisotopic (exact) mass is 333 g/mol. The Labute approximate surface area is 137 Å². The smallest absolute Gasteiger partial charge is 0.242 e. The molecule has 1 aliphatic heterocycles. The van der Waals surface area contributed by atoms with Gasteiger partial charge in [-0.15, -0.1) is 11.3 Å². The van der Waals surface area contributed by atoms with Crippen LogP contribution in [0.1, 0.15) is 19.8 Å². The summed E-state index contributed by atoms with van der Waals surface area (Å²) in [5, 5.41) is 4.75. The Bertz CT molecular complexity index is 795. The lowest BCUT2D eigenvalue weighted by molar-refractivity contribution is -0.134. The highest BCUT2D eigenvalue weighted by atomic mass is 32.1. The highest BCUT2D eigenvalue weighted by Crippen LogP contribution is 2.17. The molecule has 3 rings (SSSR count). The molecule has 2 aromatic rings. The van der Waals surface area contributed by atoms with Crippen LogP contribution in [-0.2, 0) is 16.1 Å². The average molecular weight is 333 g/mol. The molecule has 6 nitrogen and oxygen atoms in total. The molecule has 0 spiro atoms. The Morgan fingerprint density at radius 2 is 2.22 bits per heavy atom. The molecule has 1 N–H and O–H groups in total. The Morgan fingerprint density at radius 1 is 1.39 bits per heavy atom. The molecule has 1 unspecified atom stereocenters. The number of carbonyl (C=O) groups excluding carboxylic acids is 2. The zero-order valence-corrected chi connectivity index (χ0v) is 13.8. The number of nitrogens with one attached hydrogen (secondary N) is 1. The second kappa shape index (κ2) is 6.54. The number of pyridine rings is 1. The molecule has 0 aromatic carbocycles. The summed E-state index contributed by atoms with van der Waals surface area (Å²) in [5.41, 5.74) is 0.786. The summed E-state index contributed by atoms with van der Waals surface area (Å²) in [4.78, 5) is 37.3. The number of amides is 2. The Kier molecular flexibility index (Phi) is 4.47. The molecule has 7 heteroatoms. The van der Waals surface area contributed by atoms with Crippen molar-refractivity contribution in [2.24, 2.45) is 0 Å². The van der Waals surface area contributed by atoms with Crippen molar-refractivity contribution in [3.63, 3.8) is 0 Å². The van der Waals surface area contributed by atoms with Gasteiger partial charge >= 0.3 is 0 Å². The quantitative estimate of drug-likeness (QED) is 0.917. The van der Waals surface area contributed by atoms with Crippen molar-refractivity contribution in [2.75, 3.05) is 13.1 Å². The summed E-state index contributed by atoms with van der Waals surface area (Å²) < 4.78 is 2.49. The minimum Gasteiger partial charge on any atom is -0.352 e. The highest BCUT2D eigenvalue weighted by Gasteiger charge is 2.24. The van der Waals surface area contributed by atoms with Crippen LogP contribution in [0.15, 0.2) is 28.5 Å². The lowest BCUT2D eigenvalue weighted by atomic mass is 10.1. The van der Waals surface area contributed by atoms with E-state index in [1.54, 1.807) is 11.1 Å². The normalized spacial score (nSPS) is 18.1. The molecular formula is C16H19N3O3S. The van der Waals surface area contributed by atoms with E-state index in [0.717, 1.165) is 18.4 Å². The minimum absolute atomic E-state index is 0.0104. The standard InChI is InChI=1S/C16H19N3O3S/c1-11(20)17-12-3-2-6-19(9-12)15(22)10-18-7-4-14(21)16-13(18)5-8-23-16/h4-5,7-8,12H,2-3,6,9-10H2,1H3,(H,17,20). The highest BCUT2D eigenvalue weighted by molar-refractivity contribution is 7.17. The Balaban J connectivity index is 1.73. The topological polar surface area (TPSA) is 71.4 Å². The summed E-state index contributed by atoms with van der Waals surface area (Å²) >= 11 is 1.39. The number of thiophene rings is 1. The Morgan fingerprint density at radius 3 is 3.00 bits per heavy atom. The van der Waals surface area contributed by atoms with E-state index >= 15 is 0 Å². The molecule has 0 saturated carbocycles. The third kappa shape index (κ3) is 3.44. The molecular weight excluding hydrogens is 314 g/mol. The SMILES string of the molecule is CC(=O)NC1CCCN(C(=O)Cn2ccc(=O)c3sccc32)C1. The number of carbonyl (C=O) groups is 2. The zero-order valence-electron chi connectivity index (χ0n) is 12.9. The van der Waals surface area contributed by atoms with E-state index in [9.17, 15) is 14.4 Å². The molecule has 0 aliphatic carbocycles. The van der Waals surface area contributed by atoms with Crippen molar-refractivity contribution in [1.29, 1.82) is 0 Å². The number of hydrogen-bond acceptors (Lipinski definition) is 4. The van der Waals surface area contributed by atoms with Gasteiger partial charge in [0.25, 0.3) is 0 Å². The van der Waals surface area contributed by atoms with Gasteiger partial charge in [-0.1, -0.05) is 0 Å². The van der Waals surface area contributed by atoms with Gasteiger partial charge in [0.05, 0.1) is 10.2 Å². The van der Waals surface area contributed by atoms with E-state index in [0.29, 0.717) is 17.8 Å². The fourth-order valence-corrected chi connectivity index (χ4v) is 3.84. The second-order valence-corrected chi connectivity index (χ2v) is 6.74. The number of likely N-dealkylation sites (tertiary alicyclic amines) is 1. The maximum Gasteiger partial charge on any atom is 0.242 e. The molecule has 2 amide bonds. The first-order valence-corrected chi connectivity index (χ1v) is 8.54. The van der Waals surface area contributed by atoms with Gasteiger partial charge in [0.1, 0.15) is 6.54 Å². The van der Waals surface area contributed by atoms with Gasteiger partial charge in [0.2, 0.25) is 11.8 Å². The maximum atomic E-state index is 12.6. The van der Waals surface area contributed by atoms with E-state index in [-0.39, 0.29) is 29.8 Å². The number of piperidine rings is 1. The van der Waals surface area contributed by atoms with E-state index in [4.69, 9.17) is 0 Å². The number of hydrogen-bond donors (Lipinski definition) is 1. The van der Waals surface area contributed by atoms with E-state index in [1.165, 1.54) is 24.3 Å². The van der Waals surface area contributed by atoms with E-state index in [2.05, 4.69) is 5.32 Å². The molecule has 2 aromatic heterocycles. The maximum absolute atomic E-state index is 12.6. The molecule has 0 bridgehead atoms. The van der Waals surface area contributed by atoms with Gasteiger partial charge in [0.15, 0.2) is 5.43 Å². The van der Waals surface area contributed by atoms with Crippen LogP contribution in [0, 0.1) is 0 Å². The fraction of sp³-hybridized carbons (Fsp3) is 0.438. The van der Waals surface area contributed by atoms with Crippen molar-refractivity contribution >= 4 is 33.4 Å². The van der Waals surface area contributed by atoms with Crippen LogP contribution < -0.4 is 10.7 Å². The second-order valence-electron chi connectivity index (χ2n) is 5.82. The third-order valence-corrected chi connectivity index (χ3v) is 4.99. The van der Waals surface area contributed by atoms with Crippen molar-refractivity contribution < 1.29 is 9.59 Å². The predicted octanol–water partition coefficient (Wildman–Crippen LogP) is 1.19. The summed E-state index contributed by atoms with van der Waals surface area (Å²) in [5.74, 6) is -0.0547. The average Bonchev–Trinajstić information content (AvgIpc) is 3.00. The van der Waals surface area contributed by atoms with E-state index < -0.39 is 0 Å². The largest absolute Gasteiger partial charge is 0.352 e. The first-order valence-electron chi connectivity index (χ1n) is 7.66. The van der Waals surface area contributed by atoms with Gasteiger partial charge in [0, 0.05) is 38.3 Å². The van der Waals surface area contributed by atoms with Crippen LogP contribution in [-0.4, -0.2) is 40.4 Å². The molecule has 1 aliphatic rings. The first-order chi connectivity index (χ1) is 11.0. The lowest BCUT2D eigenvalue weighted by Gasteiger charge is -2.33. The van der Waals surface area contributed by atoms with Crippen LogP contribution in [0.5, 0.6) is 0 Å². The summed E-state index contributed by atoms with van der Waals surface area (Å²) in [7, 11) is 0. The molecule has 3 heterocycles. The Hall–Kier alpha value is -2.15. The zero-order chi connectivity index (χ0) is 16.4. The molecule has 23 heavy (non-hydrogen) atoms. The number of aromatic nitrogens is 1. The van der Waals surface area contributed by atoms with Crippen molar-refractivity contribution in [3.05, 3.63) is 33.9 Å². The van der Waals surface area contributed by atoms with Gasteiger partial charge in [-0.3, -0.25) is 14.4 Å². The van der Waals surface area contributed by atoms with Gasteiger partial charge in [-0.05, 0) is 24.3 Å². The first kappa shape index (κ1) is 15.7. The van der Waals surface area contributed by atoms with Crippen molar-refractivity contribution in [2.45, 2.75) is 32.4 Å². The lowest BCUT2D eigenvalue weighted by Crippen LogP contribution is -2.49. The third-order valence-electron chi connectivity index (χ3n) is 4.07. The molecule has 1 fully saturated rings. The van der Waals surface area contributed by atoms with Crippen LogP contribution in [0.2, 0.25) is 0 Å². The molecule has 1 atom stereocenters. The van der Waals surface area contributed by atoms with Gasteiger partial charge < -0.3 is 14.8 Å². The van der Waals surface area contributed by atoms with Crippen molar-refractivity contribution in [3.8, 4) is 0 Å². The summed E-state index contributed by atoms with van der Waals surface area (Å²) in [6, 6.07) is 3.40. The van der Waals surface area contributed by atoms with Crippen LogP contribution >= 0.6 is 11.3 Å². The van der Waals surface area contributed by atoms with Gasteiger partial charge in [-0.2, -0.15) is 0 Å². The van der Waals surface area contributed by atoms with Crippen LogP contribution in [0.25, 0.3) is 10.2 Å². The van der Waals surface area contributed by atoms with E-state index in [1.807, 2.05) is 16.0 Å². The minimum atomic E-state index is -0.0651. The number of rotatable bonds is 3. The number of nitrogens with zero attached hydrogens (tertiary/aromatic N) is 2. The summed E-state index contributed by atoms with van der Waals surface area (Å²) in [6.45, 7) is 2.96. The number of fused-ring (bicyclic) bond motifs is 1. The molecule has 0 radical (unpaired) electrons. The molecule has 122 valence electrons. The van der Waals surface area contributed by atoms with Crippen LogP contribution in [0.4, 0.5) is 0 Å². The fourth-order valence-electron chi connectivity index (χ4n) is 3.02. The molecule has 1 saturated heterocycles. The van der Waals surface area contributed by atoms with Gasteiger partial charge in [-0.25, -0.2) is 0 Å².